The third-order valence-electron chi connectivity index (χ3n) is 5.29. The second kappa shape index (κ2) is 8.21. The summed E-state index contributed by atoms with van der Waals surface area (Å²) in [4.78, 5) is 6.63. The van der Waals surface area contributed by atoms with Gasteiger partial charge in [-0.1, -0.05) is 25.1 Å². The summed E-state index contributed by atoms with van der Waals surface area (Å²) in [6.45, 7) is 6.03. The Morgan fingerprint density at radius 3 is 2.52 bits per heavy atom. The number of para-hydroxylation sites is 1. The van der Waals surface area contributed by atoms with Crippen LogP contribution in [-0.4, -0.2) is 39.3 Å². The van der Waals surface area contributed by atoms with E-state index in [-0.39, 0.29) is 17.8 Å². The largest absolute Gasteiger partial charge is 0.330 e. The van der Waals surface area contributed by atoms with Crippen LogP contribution in [0.2, 0.25) is 0 Å². The smallest absolute Gasteiger partial charge is 0.0973 e. The van der Waals surface area contributed by atoms with Crippen LogP contribution < -0.4 is 5.73 Å². The molecule has 1 unspecified atom stereocenters. The highest BCUT2D eigenvalue weighted by Gasteiger charge is 2.32. The molecule has 6 heteroatoms. The van der Waals surface area contributed by atoms with Crippen LogP contribution in [0.5, 0.6) is 0 Å². The molecule has 142 valence electrons. The van der Waals surface area contributed by atoms with Crippen molar-refractivity contribution in [2.75, 3.05) is 19.6 Å². The first-order valence-corrected chi connectivity index (χ1v) is 9.14. The predicted octanol–water partition coefficient (Wildman–Crippen LogP) is 3.53. The molecule has 1 aliphatic rings. The van der Waals surface area contributed by atoms with Crippen LogP contribution >= 0.6 is 12.4 Å². The molecule has 1 aliphatic heterocycles. The quantitative estimate of drug-likeness (QED) is 0.732. The second-order valence-electron chi connectivity index (χ2n) is 7.49. The highest BCUT2D eigenvalue weighted by molar-refractivity contribution is 5.85. The number of pyridine rings is 1. The SMILES string of the molecule is CC1(CN)CCN(Cc2cn(-c3ccccc3)nc2-c2ccncc2)C1.Cl. The van der Waals surface area contributed by atoms with E-state index >= 15 is 0 Å². The van der Waals surface area contributed by atoms with Crippen molar-refractivity contribution in [1.82, 2.24) is 19.7 Å². The molecule has 0 bridgehead atoms. The van der Waals surface area contributed by atoms with E-state index in [1.807, 2.05) is 47.4 Å². The summed E-state index contributed by atoms with van der Waals surface area (Å²) >= 11 is 0. The van der Waals surface area contributed by atoms with Crippen molar-refractivity contribution in [1.29, 1.82) is 0 Å². The van der Waals surface area contributed by atoms with Gasteiger partial charge in [-0.05, 0) is 49.2 Å². The topological polar surface area (TPSA) is 60.0 Å². The minimum Gasteiger partial charge on any atom is -0.330 e. The molecule has 0 saturated carbocycles. The normalized spacial score (nSPS) is 19.8. The second-order valence-corrected chi connectivity index (χ2v) is 7.49. The van der Waals surface area contributed by atoms with Crippen LogP contribution in [0.15, 0.2) is 61.1 Å². The number of nitrogens with two attached hydrogens (primary N) is 1. The van der Waals surface area contributed by atoms with Crippen molar-refractivity contribution in [3.8, 4) is 16.9 Å². The van der Waals surface area contributed by atoms with Gasteiger partial charge in [0.1, 0.15) is 0 Å². The van der Waals surface area contributed by atoms with Gasteiger partial charge in [0, 0.05) is 42.8 Å². The summed E-state index contributed by atoms with van der Waals surface area (Å²) in [5.74, 6) is 0. The molecule has 0 radical (unpaired) electrons. The highest BCUT2D eigenvalue weighted by atomic mass is 35.5. The van der Waals surface area contributed by atoms with Gasteiger partial charge >= 0.3 is 0 Å². The van der Waals surface area contributed by atoms with Crippen LogP contribution in [0.3, 0.4) is 0 Å². The van der Waals surface area contributed by atoms with Gasteiger partial charge in [-0.2, -0.15) is 5.10 Å². The molecule has 3 aromatic rings. The maximum absolute atomic E-state index is 5.97. The molecule has 0 spiro atoms. The molecule has 4 rings (SSSR count). The first kappa shape index (κ1) is 19.5. The molecular weight excluding hydrogens is 358 g/mol. The van der Waals surface area contributed by atoms with Gasteiger partial charge in [0.15, 0.2) is 0 Å². The van der Waals surface area contributed by atoms with Crippen LogP contribution in [0.1, 0.15) is 18.9 Å². The van der Waals surface area contributed by atoms with Gasteiger partial charge in [-0.15, -0.1) is 12.4 Å². The Hall–Kier alpha value is -2.21. The zero-order valence-corrected chi connectivity index (χ0v) is 16.4. The fraction of sp³-hybridized carbons (Fsp3) is 0.333. The van der Waals surface area contributed by atoms with Gasteiger partial charge < -0.3 is 5.73 Å². The van der Waals surface area contributed by atoms with Crippen LogP contribution in [0.25, 0.3) is 16.9 Å². The Morgan fingerprint density at radius 2 is 1.85 bits per heavy atom. The third kappa shape index (κ3) is 4.21. The zero-order valence-electron chi connectivity index (χ0n) is 15.6. The molecule has 2 aromatic heterocycles. The van der Waals surface area contributed by atoms with Crippen molar-refractivity contribution in [2.24, 2.45) is 11.1 Å². The standard InChI is InChI=1S/C21H25N5.ClH/c1-21(15-22)9-12-25(16-21)13-18-14-26(19-5-3-2-4-6-19)24-20(18)17-7-10-23-11-8-17;/h2-8,10-11,14H,9,12-13,15-16,22H2,1H3;1H. The van der Waals surface area contributed by atoms with Gasteiger partial charge in [0.05, 0.1) is 11.4 Å². The number of benzene rings is 1. The third-order valence-corrected chi connectivity index (χ3v) is 5.29. The average molecular weight is 384 g/mol. The minimum atomic E-state index is 0. The molecule has 1 atom stereocenters. The molecule has 0 amide bonds. The summed E-state index contributed by atoms with van der Waals surface area (Å²) in [5, 5.41) is 4.89. The van der Waals surface area contributed by atoms with Crippen LogP contribution in [0, 0.1) is 5.41 Å². The van der Waals surface area contributed by atoms with Crippen molar-refractivity contribution in [3.05, 3.63) is 66.6 Å². The Labute approximate surface area is 166 Å². The lowest BCUT2D eigenvalue weighted by atomic mass is 9.90. The zero-order chi connectivity index (χ0) is 18.0. The molecule has 1 aromatic carbocycles. The van der Waals surface area contributed by atoms with E-state index in [1.54, 1.807) is 0 Å². The number of halogens is 1. The average Bonchev–Trinajstić information content (AvgIpc) is 3.28. The van der Waals surface area contributed by atoms with E-state index < -0.39 is 0 Å². The summed E-state index contributed by atoms with van der Waals surface area (Å²) in [5.41, 5.74) is 10.6. The predicted molar refractivity (Wildman–Crippen MR) is 111 cm³/mol. The Balaban J connectivity index is 0.00000210. The number of aromatic nitrogens is 3. The molecule has 0 aliphatic carbocycles. The minimum absolute atomic E-state index is 0. The first-order chi connectivity index (χ1) is 12.7. The summed E-state index contributed by atoms with van der Waals surface area (Å²) in [6, 6.07) is 14.3. The van der Waals surface area contributed by atoms with Crippen LogP contribution in [0.4, 0.5) is 0 Å². The van der Waals surface area contributed by atoms with E-state index in [0.717, 1.165) is 49.5 Å². The van der Waals surface area contributed by atoms with Crippen molar-refractivity contribution in [2.45, 2.75) is 19.9 Å². The number of likely N-dealkylation sites (tertiary alicyclic amines) is 1. The molecule has 5 nitrogen and oxygen atoms in total. The highest BCUT2D eigenvalue weighted by Crippen LogP contribution is 2.31. The summed E-state index contributed by atoms with van der Waals surface area (Å²) in [6.07, 6.45) is 6.95. The molecular formula is C21H26ClN5. The Morgan fingerprint density at radius 1 is 1.11 bits per heavy atom. The fourth-order valence-corrected chi connectivity index (χ4v) is 3.66. The number of rotatable bonds is 5. The van der Waals surface area contributed by atoms with Gasteiger partial charge in [0.25, 0.3) is 0 Å². The Bertz CT molecular complexity index is 865. The molecule has 3 heterocycles. The van der Waals surface area contributed by atoms with E-state index in [0.29, 0.717) is 0 Å². The maximum Gasteiger partial charge on any atom is 0.0973 e. The molecule has 2 N–H and O–H groups in total. The first-order valence-electron chi connectivity index (χ1n) is 9.14. The van der Waals surface area contributed by atoms with E-state index in [4.69, 9.17) is 10.8 Å². The lowest BCUT2D eigenvalue weighted by Crippen LogP contribution is -2.31. The molecule has 1 fully saturated rings. The summed E-state index contributed by atoms with van der Waals surface area (Å²) in [7, 11) is 0. The molecule has 27 heavy (non-hydrogen) atoms. The van der Waals surface area contributed by atoms with Crippen molar-refractivity contribution < 1.29 is 0 Å². The lowest BCUT2D eigenvalue weighted by molar-refractivity contribution is 0.274. The monoisotopic (exact) mass is 383 g/mol. The molecule has 1 saturated heterocycles. The lowest BCUT2D eigenvalue weighted by Gasteiger charge is -2.22. The van der Waals surface area contributed by atoms with Gasteiger partial charge in [-0.3, -0.25) is 9.88 Å². The van der Waals surface area contributed by atoms with E-state index in [9.17, 15) is 0 Å². The van der Waals surface area contributed by atoms with E-state index in [1.165, 1.54) is 5.56 Å². The maximum atomic E-state index is 5.97. The van der Waals surface area contributed by atoms with E-state index in [2.05, 4.69) is 35.1 Å². The Kier molecular flexibility index (Phi) is 5.95. The number of hydrogen-bond donors (Lipinski definition) is 1. The number of nitrogens with zero attached hydrogens (tertiary/aromatic N) is 4. The van der Waals surface area contributed by atoms with Gasteiger partial charge in [0.2, 0.25) is 0 Å². The van der Waals surface area contributed by atoms with Crippen molar-refractivity contribution >= 4 is 12.4 Å². The number of hydrogen-bond acceptors (Lipinski definition) is 4. The van der Waals surface area contributed by atoms with Crippen LogP contribution in [-0.2, 0) is 6.54 Å². The summed E-state index contributed by atoms with van der Waals surface area (Å²) < 4.78 is 1.98. The fourth-order valence-electron chi connectivity index (χ4n) is 3.66. The van der Waals surface area contributed by atoms with Crippen molar-refractivity contribution in [3.63, 3.8) is 0 Å². The van der Waals surface area contributed by atoms with Gasteiger partial charge in [-0.25, -0.2) is 4.68 Å².